The minimum atomic E-state index is 0.0757. The average molecular weight is 265 g/mol. The quantitative estimate of drug-likeness (QED) is 0.825. The zero-order valence-electron chi connectivity index (χ0n) is 12.1. The molecule has 0 amide bonds. The first kappa shape index (κ1) is 14.2. The van der Waals surface area contributed by atoms with Crippen molar-refractivity contribution in [1.29, 1.82) is 0 Å². The van der Waals surface area contributed by atoms with Crippen LogP contribution in [0.3, 0.4) is 0 Å². The summed E-state index contributed by atoms with van der Waals surface area (Å²) in [7, 11) is 0. The van der Waals surface area contributed by atoms with Crippen molar-refractivity contribution in [2.24, 2.45) is 0 Å². The van der Waals surface area contributed by atoms with E-state index in [0.717, 1.165) is 38.4 Å². The zero-order chi connectivity index (χ0) is 13.7. The molecular formula is C14H23N3O2. The van der Waals surface area contributed by atoms with Crippen LogP contribution in [0.4, 0.5) is 0 Å². The fourth-order valence-electron chi connectivity index (χ4n) is 1.87. The van der Waals surface area contributed by atoms with Crippen LogP contribution in [-0.2, 0) is 10.2 Å². The van der Waals surface area contributed by atoms with E-state index >= 15 is 0 Å². The van der Waals surface area contributed by atoms with Gasteiger partial charge in [0.2, 0.25) is 0 Å². The van der Waals surface area contributed by atoms with Crippen molar-refractivity contribution in [3.05, 3.63) is 18.0 Å². The van der Waals surface area contributed by atoms with Crippen molar-refractivity contribution in [3.63, 3.8) is 0 Å². The van der Waals surface area contributed by atoms with Gasteiger partial charge < -0.3 is 9.47 Å². The van der Waals surface area contributed by atoms with Gasteiger partial charge in [0.1, 0.15) is 6.61 Å². The summed E-state index contributed by atoms with van der Waals surface area (Å²) in [5.74, 6) is 0. The SMILES string of the molecule is CC(C)(C)c1cnc(OCCN2CCOCC2)nc1. The Labute approximate surface area is 115 Å². The Morgan fingerprint density at radius 2 is 1.84 bits per heavy atom. The first-order valence-corrected chi connectivity index (χ1v) is 6.81. The van der Waals surface area contributed by atoms with Crippen molar-refractivity contribution in [2.45, 2.75) is 26.2 Å². The van der Waals surface area contributed by atoms with E-state index in [-0.39, 0.29) is 5.41 Å². The monoisotopic (exact) mass is 265 g/mol. The predicted octanol–water partition coefficient (Wildman–Crippen LogP) is 1.49. The van der Waals surface area contributed by atoms with E-state index in [2.05, 4.69) is 35.6 Å². The lowest BCUT2D eigenvalue weighted by molar-refractivity contribution is 0.0317. The molecule has 0 atom stereocenters. The Hall–Kier alpha value is -1.20. The zero-order valence-corrected chi connectivity index (χ0v) is 12.1. The highest BCUT2D eigenvalue weighted by Crippen LogP contribution is 2.20. The van der Waals surface area contributed by atoms with Crippen LogP contribution >= 0.6 is 0 Å². The molecule has 2 heterocycles. The second kappa shape index (κ2) is 6.30. The van der Waals surface area contributed by atoms with E-state index in [1.54, 1.807) is 0 Å². The molecule has 0 aliphatic carbocycles. The summed E-state index contributed by atoms with van der Waals surface area (Å²) in [5, 5.41) is 0. The number of hydrogen-bond acceptors (Lipinski definition) is 5. The highest BCUT2D eigenvalue weighted by Gasteiger charge is 2.15. The minimum Gasteiger partial charge on any atom is -0.462 e. The number of nitrogens with zero attached hydrogens (tertiary/aromatic N) is 3. The van der Waals surface area contributed by atoms with Crippen molar-refractivity contribution in [1.82, 2.24) is 14.9 Å². The van der Waals surface area contributed by atoms with E-state index in [1.807, 2.05) is 12.4 Å². The average Bonchev–Trinajstić information content (AvgIpc) is 2.39. The third-order valence-corrected chi connectivity index (χ3v) is 3.24. The molecule has 0 saturated carbocycles. The molecule has 0 spiro atoms. The van der Waals surface area contributed by atoms with Crippen molar-refractivity contribution in [2.75, 3.05) is 39.5 Å². The summed E-state index contributed by atoms with van der Waals surface area (Å²) in [6, 6.07) is 0.459. The fraction of sp³-hybridized carbons (Fsp3) is 0.714. The van der Waals surface area contributed by atoms with Crippen LogP contribution in [0.1, 0.15) is 26.3 Å². The minimum absolute atomic E-state index is 0.0757. The van der Waals surface area contributed by atoms with Crippen LogP contribution in [0, 0.1) is 0 Å². The third kappa shape index (κ3) is 4.44. The predicted molar refractivity (Wildman–Crippen MR) is 73.5 cm³/mol. The largest absolute Gasteiger partial charge is 0.462 e. The molecule has 1 aliphatic rings. The lowest BCUT2D eigenvalue weighted by atomic mass is 9.89. The summed E-state index contributed by atoms with van der Waals surface area (Å²) < 4.78 is 10.9. The second-order valence-electron chi connectivity index (χ2n) is 5.81. The van der Waals surface area contributed by atoms with Gasteiger partial charge in [0.15, 0.2) is 0 Å². The van der Waals surface area contributed by atoms with Gasteiger partial charge >= 0.3 is 6.01 Å². The smallest absolute Gasteiger partial charge is 0.316 e. The Kier molecular flexibility index (Phi) is 4.71. The molecule has 1 saturated heterocycles. The fourth-order valence-corrected chi connectivity index (χ4v) is 1.87. The maximum atomic E-state index is 5.57. The van der Waals surface area contributed by atoms with Crippen LogP contribution in [-0.4, -0.2) is 54.3 Å². The van der Waals surface area contributed by atoms with Gasteiger partial charge in [-0.2, -0.15) is 0 Å². The standard InChI is InChI=1S/C14H23N3O2/c1-14(2,3)12-10-15-13(16-11-12)19-9-6-17-4-7-18-8-5-17/h10-11H,4-9H2,1-3H3. The molecule has 1 aliphatic heterocycles. The Morgan fingerprint density at radius 1 is 1.21 bits per heavy atom. The van der Waals surface area contributed by atoms with Crippen LogP contribution in [0.25, 0.3) is 0 Å². The summed E-state index contributed by atoms with van der Waals surface area (Å²) in [4.78, 5) is 10.8. The molecule has 0 N–H and O–H groups in total. The van der Waals surface area contributed by atoms with Crippen molar-refractivity contribution in [3.8, 4) is 6.01 Å². The molecular weight excluding hydrogens is 242 g/mol. The topological polar surface area (TPSA) is 47.5 Å². The highest BCUT2D eigenvalue weighted by atomic mass is 16.5. The van der Waals surface area contributed by atoms with E-state index < -0.39 is 0 Å². The molecule has 0 radical (unpaired) electrons. The number of rotatable bonds is 4. The number of aromatic nitrogens is 2. The van der Waals surface area contributed by atoms with Crippen LogP contribution in [0.2, 0.25) is 0 Å². The molecule has 5 nitrogen and oxygen atoms in total. The van der Waals surface area contributed by atoms with Gasteiger partial charge in [0.25, 0.3) is 0 Å². The molecule has 2 rings (SSSR count). The van der Waals surface area contributed by atoms with E-state index in [1.165, 1.54) is 0 Å². The van der Waals surface area contributed by atoms with E-state index in [9.17, 15) is 0 Å². The second-order valence-corrected chi connectivity index (χ2v) is 5.81. The van der Waals surface area contributed by atoms with Gasteiger partial charge in [0.05, 0.1) is 13.2 Å². The molecule has 5 heteroatoms. The molecule has 0 aromatic carbocycles. The molecule has 1 fully saturated rings. The third-order valence-electron chi connectivity index (χ3n) is 3.24. The first-order chi connectivity index (χ1) is 9.05. The van der Waals surface area contributed by atoms with Gasteiger partial charge in [-0.1, -0.05) is 20.8 Å². The van der Waals surface area contributed by atoms with Crippen LogP contribution in [0.5, 0.6) is 6.01 Å². The first-order valence-electron chi connectivity index (χ1n) is 6.81. The van der Waals surface area contributed by atoms with Crippen molar-refractivity contribution >= 4 is 0 Å². The molecule has 1 aromatic heterocycles. The van der Waals surface area contributed by atoms with Gasteiger partial charge in [-0.15, -0.1) is 0 Å². The number of morpholine rings is 1. The Balaban J connectivity index is 1.76. The lowest BCUT2D eigenvalue weighted by Gasteiger charge is -2.26. The van der Waals surface area contributed by atoms with Gasteiger partial charge in [-0.05, 0) is 11.0 Å². The molecule has 0 bridgehead atoms. The lowest BCUT2D eigenvalue weighted by Crippen LogP contribution is -2.38. The van der Waals surface area contributed by atoms with Crippen LogP contribution in [0.15, 0.2) is 12.4 Å². The van der Waals surface area contributed by atoms with Gasteiger partial charge in [-0.25, -0.2) is 9.97 Å². The maximum Gasteiger partial charge on any atom is 0.316 e. The molecule has 0 unspecified atom stereocenters. The number of ether oxygens (including phenoxy) is 2. The highest BCUT2D eigenvalue weighted by molar-refractivity contribution is 5.16. The summed E-state index contributed by atoms with van der Waals surface area (Å²) in [6.45, 7) is 11.5. The number of hydrogen-bond donors (Lipinski definition) is 0. The summed E-state index contributed by atoms with van der Waals surface area (Å²) in [5.41, 5.74) is 1.19. The van der Waals surface area contributed by atoms with Gasteiger partial charge in [-0.3, -0.25) is 4.90 Å². The van der Waals surface area contributed by atoms with Crippen molar-refractivity contribution < 1.29 is 9.47 Å². The normalized spacial score (nSPS) is 17.4. The van der Waals surface area contributed by atoms with E-state index in [0.29, 0.717) is 12.6 Å². The maximum absolute atomic E-state index is 5.57. The van der Waals surface area contributed by atoms with Gasteiger partial charge in [0, 0.05) is 32.0 Å². The summed E-state index contributed by atoms with van der Waals surface area (Å²) in [6.07, 6.45) is 3.69. The Morgan fingerprint density at radius 3 is 2.42 bits per heavy atom. The molecule has 19 heavy (non-hydrogen) atoms. The van der Waals surface area contributed by atoms with Crippen LogP contribution < -0.4 is 4.74 Å². The van der Waals surface area contributed by atoms with E-state index in [4.69, 9.17) is 9.47 Å². The summed E-state index contributed by atoms with van der Waals surface area (Å²) >= 11 is 0. The molecule has 106 valence electrons. The molecule has 1 aromatic rings. The Bertz CT molecular complexity index is 381.